The first-order chi connectivity index (χ1) is 8.35. The normalized spacial score (nSPS) is 11.2. The quantitative estimate of drug-likeness (QED) is 0.701. The number of fused-ring (bicyclic) bond motifs is 1. The first kappa shape index (κ1) is 12.6. The Morgan fingerprint density at radius 2 is 1.65 bits per heavy atom. The molecule has 2 heteroatoms. The molecule has 0 N–H and O–H groups in total. The summed E-state index contributed by atoms with van der Waals surface area (Å²) in [6, 6.07) is 4.73. The van der Waals surface area contributed by atoms with E-state index >= 15 is 0 Å². The summed E-state index contributed by atoms with van der Waals surface area (Å²) in [5, 5.41) is 1.32. The van der Waals surface area contributed by atoms with Crippen LogP contribution in [0.5, 0.6) is 0 Å². The second-order valence-corrected chi connectivity index (χ2v) is 5.52. The zero-order chi connectivity index (χ0) is 12.1. The van der Waals surface area contributed by atoms with E-state index in [2.05, 4.69) is 30.4 Å². The van der Waals surface area contributed by atoms with E-state index in [1.165, 1.54) is 48.6 Å². The van der Waals surface area contributed by atoms with Gasteiger partial charge in [0.05, 0.1) is 4.70 Å². The molecule has 0 radical (unpaired) electrons. The van der Waals surface area contributed by atoms with Gasteiger partial charge in [-0.25, -0.2) is 0 Å². The van der Waals surface area contributed by atoms with Gasteiger partial charge in [0.1, 0.15) is 0 Å². The van der Waals surface area contributed by atoms with Crippen LogP contribution in [0.2, 0.25) is 0 Å². The monoisotopic (exact) mass is 247 g/mol. The van der Waals surface area contributed by atoms with Gasteiger partial charge >= 0.3 is 0 Å². The molecule has 2 aromatic rings. The van der Waals surface area contributed by atoms with E-state index in [-0.39, 0.29) is 0 Å². The summed E-state index contributed by atoms with van der Waals surface area (Å²) in [6.45, 7) is 4.52. The molecule has 0 saturated heterocycles. The smallest absolute Gasteiger partial charge is 0.0552 e. The maximum Gasteiger partial charge on any atom is 0.0552 e. The zero-order valence-electron chi connectivity index (χ0n) is 10.8. The van der Waals surface area contributed by atoms with Crippen LogP contribution >= 0.6 is 11.5 Å². The third-order valence-corrected chi connectivity index (χ3v) is 4.04. The molecule has 0 fully saturated rings. The predicted molar refractivity (Wildman–Crippen MR) is 76.8 cm³/mol. The standard InChI is InChI=1S/C15H21NS/c1-3-5-7-12-9-14-11-16-17-15(14)10-13(12)8-6-4-2/h9-11H,3-8H2,1-2H3. The highest BCUT2D eigenvalue weighted by Crippen LogP contribution is 2.25. The number of aromatic nitrogens is 1. The van der Waals surface area contributed by atoms with E-state index in [4.69, 9.17) is 0 Å². The van der Waals surface area contributed by atoms with Crippen molar-refractivity contribution in [2.75, 3.05) is 0 Å². The summed E-state index contributed by atoms with van der Waals surface area (Å²) in [5.74, 6) is 0. The summed E-state index contributed by atoms with van der Waals surface area (Å²) < 4.78 is 5.63. The molecule has 1 aromatic carbocycles. The van der Waals surface area contributed by atoms with Crippen molar-refractivity contribution in [1.29, 1.82) is 0 Å². The van der Waals surface area contributed by atoms with Crippen molar-refractivity contribution in [3.63, 3.8) is 0 Å². The van der Waals surface area contributed by atoms with E-state index < -0.39 is 0 Å². The van der Waals surface area contributed by atoms with Crippen molar-refractivity contribution >= 4 is 21.6 Å². The van der Waals surface area contributed by atoms with Crippen LogP contribution in [-0.2, 0) is 12.8 Å². The molecule has 0 amide bonds. The molecule has 0 unspecified atom stereocenters. The number of hydrogen-bond donors (Lipinski definition) is 0. The van der Waals surface area contributed by atoms with Gasteiger partial charge in [0.25, 0.3) is 0 Å². The van der Waals surface area contributed by atoms with Crippen molar-refractivity contribution in [3.8, 4) is 0 Å². The van der Waals surface area contributed by atoms with Gasteiger partial charge in [-0.1, -0.05) is 26.7 Å². The molecule has 0 spiro atoms. The summed E-state index contributed by atoms with van der Waals surface area (Å²) in [5.41, 5.74) is 3.10. The molecule has 0 saturated carbocycles. The largest absolute Gasteiger partial charge is 0.200 e. The molecule has 0 aliphatic heterocycles. The highest BCUT2D eigenvalue weighted by Gasteiger charge is 2.06. The SMILES string of the molecule is CCCCc1cc2cnsc2cc1CCCC. The predicted octanol–water partition coefficient (Wildman–Crippen LogP) is 4.98. The third kappa shape index (κ3) is 3.06. The molecule has 1 heterocycles. The third-order valence-electron chi connectivity index (χ3n) is 3.27. The van der Waals surface area contributed by atoms with Gasteiger partial charge in [-0.3, -0.25) is 0 Å². The molecule has 92 valence electrons. The molecule has 0 bridgehead atoms. The highest BCUT2D eigenvalue weighted by atomic mass is 32.1. The average molecular weight is 247 g/mol. The number of aryl methyl sites for hydroxylation is 2. The lowest BCUT2D eigenvalue weighted by atomic mass is 9.97. The minimum Gasteiger partial charge on any atom is -0.200 e. The Bertz CT molecular complexity index is 431. The molecular formula is C15H21NS. The number of unbranched alkanes of at least 4 members (excludes halogenated alkanes) is 2. The average Bonchev–Trinajstić information content (AvgIpc) is 2.80. The van der Waals surface area contributed by atoms with Gasteiger partial charge in [-0.05, 0) is 60.5 Å². The van der Waals surface area contributed by atoms with Crippen LogP contribution in [0.3, 0.4) is 0 Å². The second kappa shape index (κ2) is 6.15. The lowest BCUT2D eigenvalue weighted by Crippen LogP contribution is -1.94. The Morgan fingerprint density at radius 3 is 2.29 bits per heavy atom. The summed E-state index contributed by atoms with van der Waals surface area (Å²) >= 11 is 1.62. The fourth-order valence-electron chi connectivity index (χ4n) is 2.21. The summed E-state index contributed by atoms with van der Waals surface area (Å²) in [7, 11) is 0. The van der Waals surface area contributed by atoms with Crippen LogP contribution in [0, 0.1) is 0 Å². The first-order valence-corrected chi connectivity index (χ1v) is 7.48. The van der Waals surface area contributed by atoms with E-state index in [1.54, 1.807) is 22.7 Å². The van der Waals surface area contributed by atoms with Gasteiger partial charge in [-0.2, -0.15) is 4.37 Å². The fraction of sp³-hybridized carbons (Fsp3) is 0.533. The Kier molecular flexibility index (Phi) is 4.55. The van der Waals surface area contributed by atoms with E-state index in [9.17, 15) is 0 Å². The van der Waals surface area contributed by atoms with Gasteiger partial charge in [0, 0.05) is 11.6 Å². The van der Waals surface area contributed by atoms with Gasteiger partial charge in [0.15, 0.2) is 0 Å². The Balaban J connectivity index is 2.29. The van der Waals surface area contributed by atoms with Crippen molar-refractivity contribution in [3.05, 3.63) is 29.5 Å². The first-order valence-electron chi connectivity index (χ1n) is 6.71. The number of nitrogens with zero attached hydrogens (tertiary/aromatic N) is 1. The Hall–Kier alpha value is -0.890. The van der Waals surface area contributed by atoms with E-state index in [0.717, 1.165) is 0 Å². The fourth-order valence-corrected chi connectivity index (χ4v) is 2.90. The minimum absolute atomic E-state index is 1.22. The molecule has 0 atom stereocenters. The number of hydrogen-bond acceptors (Lipinski definition) is 2. The van der Waals surface area contributed by atoms with Crippen molar-refractivity contribution in [2.45, 2.75) is 52.4 Å². The van der Waals surface area contributed by atoms with Crippen LogP contribution in [0.15, 0.2) is 18.3 Å². The number of rotatable bonds is 6. The molecule has 1 aromatic heterocycles. The molecular weight excluding hydrogens is 226 g/mol. The molecule has 0 aliphatic rings. The topological polar surface area (TPSA) is 12.9 Å². The lowest BCUT2D eigenvalue weighted by molar-refractivity contribution is 0.759. The maximum absolute atomic E-state index is 4.29. The minimum atomic E-state index is 1.22. The zero-order valence-corrected chi connectivity index (χ0v) is 11.6. The summed E-state index contributed by atoms with van der Waals surface area (Å²) in [4.78, 5) is 0. The van der Waals surface area contributed by atoms with Gasteiger partial charge in [0.2, 0.25) is 0 Å². The van der Waals surface area contributed by atoms with E-state index in [0.29, 0.717) is 0 Å². The van der Waals surface area contributed by atoms with Crippen LogP contribution < -0.4 is 0 Å². The summed E-state index contributed by atoms with van der Waals surface area (Å²) in [6.07, 6.45) is 9.58. The highest BCUT2D eigenvalue weighted by molar-refractivity contribution is 7.13. The van der Waals surface area contributed by atoms with Crippen molar-refractivity contribution in [2.24, 2.45) is 0 Å². The van der Waals surface area contributed by atoms with Gasteiger partial charge in [-0.15, -0.1) is 0 Å². The van der Waals surface area contributed by atoms with Crippen LogP contribution in [0.25, 0.3) is 10.1 Å². The van der Waals surface area contributed by atoms with Crippen LogP contribution in [0.1, 0.15) is 50.7 Å². The Morgan fingerprint density at radius 1 is 1.00 bits per heavy atom. The van der Waals surface area contributed by atoms with E-state index in [1.807, 2.05) is 6.20 Å². The lowest BCUT2D eigenvalue weighted by Gasteiger charge is -2.09. The number of benzene rings is 1. The molecule has 17 heavy (non-hydrogen) atoms. The molecule has 2 rings (SSSR count). The van der Waals surface area contributed by atoms with Crippen LogP contribution in [0.4, 0.5) is 0 Å². The van der Waals surface area contributed by atoms with Crippen molar-refractivity contribution < 1.29 is 0 Å². The van der Waals surface area contributed by atoms with Gasteiger partial charge < -0.3 is 0 Å². The maximum atomic E-state index is 4.29. The molecule has 0 aliphatic carbocycles. The Labute approximate surface area is 108 Å². The van der Waals surface area contributed by atoms with Crippen LogP contribution in [-0.4, -0.2) is 4.37 Å². The van der Waals surface area contributed by atoms with Crippen molar-refractivity contribution in [1.82, 2.24) is 4.37 Å². The second-order valence-electron chi connectivity index (χ2n) is 4.69. The molecule has 1 nitrogen and oxygen atoms in total.